The van der Waals surface area contributed by atoms with Crippen LogP contribution in [0.3, 0.4) is 0 Å². The van der Waals surface area contributed by atoms with Crippen molar-refractivity contribution in [1.82, 2.24) is 0 Å². The van der Waals surface area contributed by atoms with Crippen molar-refractivity contribution in [2.75, 3.05) is 7.05 Å². The molecule has 0 heterocycles. The molecule has 1 rings (SSSR count). The van der Waals surface area contributed by atoms with Crippen molar-refractivity contribution in [2.24, 2.45) is 4.99 Å². The van der Waals surface area contributed by atoms with Gasteiger partial charge in [0.15, 0.2) is 0 Å². The van der Waals surface area contributed by atoms with Crippen LogP contribution < -0.4 is 5.46 Å². The Balaban J connectivity index is 0.000000423. The summed E-state index contributed by atoms with van der Waals surface area (Å²) in [5, 5.41) is 17.3. The number of nitrogens with zero attached hydrogens (tertiary/aromatic N) is 1. The molecule has 6 heteroatoms. The maximum atomic E-state index is 12.6. The molecule has 0 bridgehead atoms. The highest BCUT2D eigenvalue weighted by atomic mass is 19.1. The molecule has 0 aliphatic rings. The lowest BCUT2D eigenvalue weighted by molar-refractivity contribution is 0.425. The molecule has 0 amide bonds. The zero-order valence-corrected chi connectivity index (χ0v) is 8.44. The van der Waals surface area contributed by atoms with Crippen LogP contribution in [-0.2, 0) is 4.79 Å². The molecule has 1 aromatic rings. The molecule has 0 atom stereocenters. The molecule has 0 aliphatic carbocycles. The number of halogens is 1. The molecule has 4 nitrogen and oxygen atoms in total. The third-order valence-electron chi connectivity index (χ3n) is 1.45. The summed E-state index contributed by atoms with van der Waals surface area (Å²) < 4.78 is 12.6. The number of hydrogen-bond donors (Lipinski definition) is 2. The third-order valence-corrected chi connectivity index (χ3v) is 1.45. The zero-order chi connectivity index (χ0) is 11.8. The van der Waals surface area contributed by atoms with Crippen LogP contribution in [0.1, 0.15) is 5.56 Å². The molecule has 2 N–H and O–H groups in total. The first-order valence-corrected chi connectivity index (χ1v) is 4.10. The predicted molar refractivity (Wildman–Crippen MR) is 55.0 cm³/mol. The van der Waals surface area contributed by atoms with Crippen LogP contribution in [-0.4, -0.2) is 30.3 Å². The Morgan fingerprint density at radius 3 is 2.27 bits per heavy atom. The number of aliphatic imine (C=N–C) groups is 1. The number of aryl methyl sites for hydroxylation is 1. The number of benzene rings is 1. The highest BCUT2D eigenvalue weighted by Crippen LogP contribution is 1.99. The van der Waals surface area contributed by atoms with E-state index in [1.165, 1.54) is 25.3 Å². The molecule has 0 aliphatic heterocycles. The second-order valence-electron chi connectivity index (χ2n) is 2.75. The summed E-state index contributed by atoms with van der Waals surface area (Å²) in [6.45, 7) is 1.69. The third kappa shape index (κ3) is 5.75. The summed E-state index contributed by atoms with van der Waals surface area (Å²) in [4.78, 5) is 11.8. The fraction of sp³-hybridized carbons (Fsp3) is 0.222. The lowest BCUT2D eigenvalue weighted by Crippen LogP contribution is -2.30. The van der Waals surface area contributed by atoms with E-state index >= 15 is 0 Å². The van der Waals surface area contributed by atoms with Crippen LogP contribution in [0.5, 0.6) is 0 Å². The highest BCUT2D eigenvalue weighted by Gasteiger charge is 2.11. The topological polar surface area (TPSA) is 69.9 Å². The first-order valence-electron chi connectivity index (χ1n) is 4.10. The lowest BCUT2D eigenvalue weighted by Gasteiger charge is -2.00. The van der Waals surface area contributed by atoms with Gasteiger partial charge >= 0.3 is 7.12 Å². The van der Waals surface area contributed by atoms with Crippen molar-refractivity contribution in [3.63, 3.8) is 0 Å². The Morgan fingerprint density at radius 2 is 1.93 bits per heavy atom. The molecular formula is C9H11BFNO3. The molecule has 0 spiro atoms. The van der Waals surface area contributed by atoms with E-state index in [9.17, 15) is 4.39 Å². The number of rotatable bonds is 1. The Hall–Kier alpha value is -1.49. The maximum absolute atomic E-state index is 12.6. The first kappa shape index (κ1) is 13.5. The van der Waals surface area contributed by atoms with E-state index in [2.05, 4.69) is 4.99 Å². The molecule has 0 radical (unpaired) electrons. The summed E-state index contributed by atoms with van der Waals surface area (Å²) in [6.07, 6.45) is 1.31. The minimum Gasteiger partial charge on any atom is -0.423 e. The molecule has 1 aromatic carbocycles. The van der Waals surface area contributed by atoms with Crippen molar-refractivity contribution in [3.8, 4) is 0 Å². The van der Waals surface area contributed by atoms with Gasteiger partial charge in [-0.1, -0.05) is 6.07 Å². The van der Waals surface area contributed by atoms with Crippen molar-refractivity contribution >= 4 is 18.7 Å². The van der Waals surface area contributed by atoms with Gasteiger partial charge in [-0.15, -0.1) is 0 Å². The van der Waals surface area contributed by atoms with Crippen LogP contribution in [0.2, 0.25) is 0 Å². The van der Waals surface area contributed by atoms with E-state index in [4.69, 9.17) is 14.8 Å². The van der Waals surface area contributed by atoms with Gasteiger partial charge in [0.25, 0.3) is 0 Å². The van der Waals surface area contributed by atoms with Gasteiger partial charge in [-0.25, -0.2) is 14.2 Å². The molecule has 0 unspecified atom stereocenters. The number of carbonyl (C=O) groups excluding carboxylic acids is 1. The highest BCUT2D eigenvalue weighted by molar-refractivity contribution is 6.58. The molecule has 15 heavy (non-hydrogen) atoms. The van der Waals surface area contributed by atoms with Gasteiger partial charge in [-0.3, -0.25) is 0 Å². The van der Waals surface area contributed by atoms with E-state index in [0.717, 1.165) is 6.07 Å². The van der Waals surface area contributed by atoms with E-state index in [0.29, 0.717) is 5.56 Å². The SMILES string of the molecule is CN=C=O.Cc1cc(F)cc(B(O)O)c1. The fourth-order valence-electron chi connectivity index (χ4n) is 0.914. The molecule has 0 saturated heterocycles. The summed E-state index contributed by atoms with van der Waals surface area (Å²) in [5.74, 6) is -0.451. The van der Waals surface area contributed by atoms with E-state index in [1.54, 1.807) is 6.92 Å². The maximum Gasteiger partial charge on any atom is 0.488 e. The van der Waals surface area contributed by atoms with Gasteiger partial charge in [0.05, 0.1) is 0 Å². The zero-order valence-electron chi connectivity index (χ0n) is 8.44. The van der Waals surface area contributed by atoms with Crippen LogP contribution in [0.15, 0.2) is 23.2 Å². The van der Waals surface area contributed by atoms with Gasteiger partial charge in [0.2, 0.25) is 6.08 Å². The summed E-state index contributed by atoms with van der Waals surface area (Å²) in [7, 11) is -0.211. The minimum absolute atomic E-state index is 0.183. The van der Waals surface area contributed by atoms with Crippen molar-refractivity contribution in [2.45, 2.75) is 6.92 Å². The van der Waals surface area contributed by atoms with Gasteiger partial charge in [-0.05, 0) is 30.1 Å². The summed E-state index contributed by atoms with van der Waals surface area (Å²) in [5.41, 5.74) is 0.857. The van der Waals surface area contributed by atoms with Crippen LogP contribution >= 0.6 is 0 Å². The summed E-state index contributed by atoms with van der Waals surface area (Å²) in [6, 6.07) is 3.94. The molecule has 0 saturated carbocycles. The van der Waals surface area contributed by atoms with Gasteiger partial charge in [0, 0.05) is 7.05 Å². The Bertz CT molecular complexity index is 344. The van der Waals surface area contributed by atoms with Gasteiger partial charge in [-0.2, -0.15) is 0 Å². The van der Waals surface area contributed by atoms with E-state index in [-0.39, 0.29) is 5.46 Å². The van der Waals surface area contributed by atoms with Gasteiger partial charge < -0.3 is 10.0 Å². The average molecular weight is 211 g/mol. The van der Waals surface area contributed by atoms with Crippen LogP contribution in [0.4, 0.5) is 4.39 Å². The Morgan fingerprint density at radius 1 is 1.40 bits per heavy atom. The fourth-order valence-corrected chi connectivity index (χ4v) is 0.914. The lowest BCUT2D eigenvalue weighted by atomic mass is 9.80. The molecule has 0 aromatic heterocycles. The second-order valence-corrected chi connectivity index (χ2v) is 2.75. The van der Waals surface area contributed by atoms with Crippen molar-refractivity contribution in [3.05, 3.63) is 29.6 Å². The van der Waals surface area contributed by atoms with E-state index < -0.39 is 12.9 Å². The molecule has 0 fully saturated rings. The van der Waals surface area contributed by atoms with Crippen LogP contribution in [0, 0.1) is 12.7 Å². The van der Waals surface area contributed by atoms with Crippen molar-refractivity contribution < 1.29 is 19.2 Å². The monoisotopic (exact) mass is 211 g/mol. The Kier molecular flexibility index (Phi) is 6.21. The summed E-state index contributed by atoms with van der Waals surface area (Å²) >= 11 is 0. The number of hydrogen-bond acceptors (Lipinski definition) is 4. The van der Waals surface area contributed by atoms with E-state index in [1.807, 2.05) is 0 Å². The normalized spacial score (nSPS) is 8.33. The Labute approximate surface area is 87.2 Å². The largest absolute Gasteiger partial charge is 0.488 e. The standard InChI is InChI=1S/C7H8BFO2.C2H3NO/c1-5-2-6(8(10)11)4-7(9)3-5;1-3-2-4/h2-4,10-11H,1H3;1H3. The average Bonchev–Trinajstić information content (AvgIpc) is 2.16. The van der Waals surface area contributed by atoms with Crippen molar-refractivity contribution in [1.29, 1.82) is 0 Å². The smallest absolute Gasteiger partial charge is 0.423 e. The predicted octanol–water partition coefficient (Wildman–Crippen LogP) is -0.234. The first-order chi connectivity index (χ1) is 7.01. The van der Waals surface area contributed by atoms with Crippen LogP contribution in [0.25, 0.3) is 0 Å². The minimum atomic E-state index is -1.59. The molecule has 80 valence electrons. The number of isocyanates is 1. The second kappa shape index (κ2) is 6.89. The van der Waals surface area contributed by atoms with Gasteiger partial charge in [0.1, 0.15) is 5.82 Å². The molecular weight excluding hydrogens is 200 g/mol. The quantitative estimate of drug-likeness (QED) is 0.382.